The fraction of sp³-hybridized carbons (Fsp3) is 0.353. The number of nitrogens with zero attached hydrogens (tertiary/aromatic N) is 2. The van der Waals surface area contributed by atoms with Gasteiger partial charge in [-0.1, -0.05) is 25.5 Å². The average molecular weight is 377 g/mol. The molecule has 2 rings (SSSR count). The second-order valence-electron chi connectivity index (χ2n) is 5.76. The molecule has 0 aliphatic rings. The fourth-order valence-electron chi connectivity index (χ4n) is 2.19. The van der Waals surface area contributed by atoms with Gasteiger partial charge in [-0.3, -0.25) is 4.79 Å². The van der Waals surface area contributed by atoms with Crippen LogP contribution in [0, 0.1) is 0 Å². The molecule has 0 fully saturated rings. The Hall–Kier alpha value is -2.52. The third-order valence-corrected chi connectivity index (χ3v) is 4.60. The topological polar surface area (TPSA) is 127 Å². The molecule has 0 saturated heterocycles. The minimum Gasteiger partial charge on any atom is -0.368 e. The molecule has 1 heterocycles. The first kappa shape index (κ1) is 19.8. The van der Waals surface area contributed by atoms with Crippen LogP contribution in [0.25, 0.3) is 0 Å². The van der Waals surface area contributed by atoms with Gasteiger partial charge in [0.05, 0.1) is 17.3 Å². The zero-order valence-electron chi connectivity index (χ0n) is 14.6. The third kappa shape index (κ3) is 6.08. The van der Waals surface area contributed by atoms with E-state index in [0.29, 0.717) is 25.3 Å². The summed E-state index contributed by atoms with van der Waals surface area (Å²) >= 11 is 0. The Morgan fingerprint density at radius 1 is 1.12 bits per heavy atom. The molecule has 0 unspecified atom stereocenters. The van der Waals surface area contributed by atoms with Crippen LogP contribution in [0.15, 0.2) is 41.6 Å². The highest BCUT2D eigenvalue weighted by Gasteiger charge is 2.08. The van der Waals surface area contributed by atoms with Crippen LogP contribution in [0.4, 0.5) is 5.82 Å². The molecule has 26 heavy (non-hydrogen) atoms. The van der Waals surface area contributed by atoms with Crippen molar-refractivity contribution in [1.29, 1.82) is 0 Å². The maximum atomic E-state index is 11.8. The van der Waals surface area contributed by atoms with E-state index in [2.05, 4.69) is 27.5 Å². The molecule has 0 aliphatic heterocycles. The van der Waals surface area contributed by atoms with Crippen LogP contribution in [0.5, 0.6) is 0 Å². The lowest BCUT2D eigenvalue weighted by Crippen LogP contribution is -2.25. The molecule has 140 valence electrons. The number of benzene rings is 1. The number of unbranched alkanes of at least 4 members (excludes halogenated alkanes) is 1. The normalized spacial score (nSPS) is 11.2. The highest BCUT2D eigenvalue weighted by atomic mass is 32.2. The van der Waals surface area contributed by atoms with Crippen LogP contribution in [0.1, 0.15) is 35.8 Å². The molecule has 0 saturated carbocycles. The predicted molar refractivity (Wildman–Crippen MR) is 99.3 cm³/mol. The first-order chi connectivity index (χ1) is 12.4. The highest BCUT2D eigenvalue weighted by molar-refractivity contribution is 7.89. The van der Waals surface area contributed by atoms with Gasteiger partial charge < -0.3 is 10.6 Å². The number of rotatable bonds is 9. The minimum atomic E-state index is -3.67. The molecule has 0 spiro atoms. The van der Waals surface area contributed by atoms with Crippen LogP contribution in [0.3, 0.4) is 0 Å². The van der Waals surface area contributed by atoms with Crippen LogP contribution < -0.4 is 15.8 Å². The van der Waals surface area contributed by atoms with Gasteiger partial charge in [0.1, 0.15) is 11.5 Å². The van der Waals surface area contributed by atoms with Gasteiger partial charge in [0, 0.05) is 13.1 Å². The monoisotopic (exact) mass is 377 g/mol. The number of nitrogens with one attached hydrogen (secondary N) is 2. The Bertz CT molecular complexity index is 820. The van der Waals surface area contributed by atoms with Crippen molar-refractivity contribution in [2.24, 2.45) is 5.14 Å². The Morgan fingerprint density at radius 3 is 2.42 bits per heavy atom. The number of carbonyl (C=O) groups is 1. The SMILES string of the molecule is CCCCNC(=O)c1cnc(NCCc2ccc(S(N)(=O)=O)cc2)cn1. The minimum absolute atomic E-state index is 0.0906. The molecule has 1 aromatic heterocycles. The van der Waals surface area contributed by atoms with E-state index in [1.165, 1.54) is 24.5 Å². The summed E-state index contributed by atoms with van der Waals surface area (Å²) in [7, 11) is -3.67. The molecule has 0 radical (unpaired) electrons. The van der Waals surface area contributed by atoms with Crippen LogP contribution in [0.2, 0.25) is 0 Å². The van der Waals surface area contributed by atoms with E-state index in [1.54, 1.807) is 12.1 Å². The van der Waals surface area contributed by atoms with Gasteiger partial charge in [-0.25, -0.2) is 23.5 Å². The van der Waals surface area contributed by atoms with Crippen molar-refractivity contribution in [3.05, 3.63) is 47.9 Å². The van der Waals surface area contributed by atoms with E-state index >= 15 is 0 Å². The lowest BCUT2D eigenvalue weighted by molar-refractivity contribution is 0.0948. The van der Waals surface area contributed by atoms with Crippen LogP contribution >= 0.6 is 0 Å². The summed E-state index contributed by atoms with van der Waals surface area (Å²) in [5.41, 5.74) is 1.25. The number of amides is 1. The predicted octanol–water partition coefficient (Wildman–Crippen LogP) is 1.31. The summed E-state index contributed by atoms with van der Waals surface area (Å²) in [6, 6.07) is 6.40. The van der Waals surface area contributed by atoms with E-state index in [9.17, 15) is 13.2 Å². The van der Waals surface area contributed by atoms with Crippen molar-refractivity contribution in [2.45, 2.75) is 31.1 Å². The van der Waals surface area contributed by atoms with Crippen molar-refractivity contribution in [2.75, 3.05) is 18.4 Å². The van der Waals surface area contributed by atoms with Crippen molar-refractivity contribution in [3.63, 3.8) is 0 Å². The van der Waals surface area contributed by atoms with Crippen molar-refractivity contribution < 1.29 is 13.2 Å². The molecule has 4 N–H and O–H groups in total. The van der Waals surface area contributed by atoms with Gasteiger partial charge in [-0.05, 0) is 30.5 Å². The fourth-order valence-corrected chi connectivity index (χ4v) is 2.70. The number of aromatic nitrogens is 2. The quantitative estimate of drug-likeness (QED) is 0.565. The van der Waals surface area contributed by atoms with Gasteiger partial charge in [0.2, 0.25) is 10.0 Å². The first-order valence-corrected chi connectivity index (χ1v) is 9.90. The Morgan fingerprint density at radius 2 is 1.85 bits per heavy atom. The standard InChI is InChI=1S/C17H23N5O3S/c1-2-3-9-20-17(23)15-11-22-16(12-21-15)19-10-8-13-4-6-14(7-5-13)26(18,24)25/h4-7,11-12H,2-3,8-10H2,1H3,(H,19,22)(H,20,23)(H2,18,24,25). The zero-order chi connectivity index (χ0) is 19.0. The molecule has 9 heteroatoms. The molecule has 8 nitrogen and oxygen atoms in total. The molecule has 2 aromatic rings. The maximum absolute atomic E-state index is 11.8. The summed E-state index contributed by atoms with van der Waals surface area (Å²) < 4.78 is 22.4. The third-order valence-electron chi connectivity index (χ3n) is 3.67. The number of anilines is 1. The van der Waals surface area contributed by atoms with Crippen molar-refractivity contribution in [3.8, 4) is 0 Å². The summed E-state index contributed by atoms with van der Waals surface area (Å²) in [6.45, 7) is 3.27. The Balaban J connectivity index is 1.82. The van der Waals surface area contributed by atoms with E-state index in [4.69, 9.17) is 5.14 Å². The Kier molecular flexibility index (Phi) is 7.05. The molecule has 1 aromatic carbocycles. The van der Waals surface area contributed by atoms with Crippen LogP contribution in [-0.4, -0.2) is 37.4 Å². The maximum Gasteiger partial charge on any atom is 0.271 e. The molecule has 0 aliphatic carbocycles. The van der Waals surface area contributed by atoms with Gasteiger partial charge >= 0.3 is 0 Å². The Labute approximate surface area is 153 Å². The molecule has 0 bridgehead atoms. The van der Waals surface area contributed by atoms with Gasteiger partial charge in [-0.2, -0.15) is 0 Å². The number of hydrogen-bond acceptors (Lipinski definition) is 6. The highest BCUT2D eigenvalue weighted by Crippen LogP contribution is 2.09. The molecular formula is C17H23N5O3S. The number of hydrogen-bond donors (Lipinski definition) is 3. The first-order valence-electron chi connectivity index (χ1n) is 8.36. The summed E-state index contributed by atoms with van der Waals surface area (Å²) in [5, 5.41) is 11.0. The van der Waals surface area contributed by atoms with Crippen molar-refractivity contribution in [1.82, 2.24) is 15.3 Å². The number of carbonyl (C=O) groups excluding carboxylic acids is 1. The lowest BCUT2D eigenvalue weighted by atomic mass is 10.1. The van der Waals surface area contributed by atoms with E-state index in [1.807, 2.05) is 0 Å². The number of sulfonamides is 1. The van der Waals surface area contributed by atoms with Gasteiger partial charge in [-0.15, -0.1) is 0 Å². The largest absolute Gasteiger partial charge is 0.368 e. The number of nitrogens with two attached hydrogens (primary N) is 1. The number of primary sulfonamides is 1. The molecular weight excluding hydrogens is 354 g/mol. The lowest BCUT2D eigenvalue weighted by Gasteiger charge is -2.07. The second-order valence-corrected chi connectivity index (χ2v) is 7.32. The zero-order valence-corrected chi connectivity index (χ0v) is 15.4. The average Bonchev–Trinajstić information content (AvgIpc) is 2.62. The summed E-state index contributed by atoms with van der Waals surface area (Å²) in [4.78, 5) is 20.2. The molecule has 1 amide bonds. The smallest absolute Gasteiger partial charge is 0.271 e. The van der Waals surface area contributed by atoms with E-state index in [0.717, 1.165) is 18.4 Å². The summed E-state index contributed by atoms with van der Waals surface area (Å²) in [5.74, 6) is 0.337. The van der Waals surface area contributed by atoms with E-state index < -0.39 is 10.0 Å². The summed E-state index contributed by atoms with van der Waals surface area (Å²) in [6.07, 6.45) is 5.56. The molecule has 0 atom stereocenters. The second kappa shape index (κ2) is 9.25. The van der Waals surface area contributed by atoms with Gasteiger partial charge in [0.15, 0.2) is 0 Å². The van der Waals surface area contributed by atoms with Gasteiger partial charge in [0.25, 0.3) is 5.91 Å². The van der Waals surface area contributed by atoms with Crippen LogP contribution in [-0.2, 0) is 16.4 Å². The van der Waals surface area contributed by atoms with Crippen molar-refractivity contribution >= 4 is 21.7 Å². The van der Waals surface area contributed by atoms with E-state index in [-0.39, 0.29) is 16.5 Å².